The van der Waals surface area contributed by atoms with Gasteiger partial charge in [0.25, 0.3) is 0 Å². The van der Waals surface area contributed by atoms with Gasteiger partial charge in [-0.2, -0.15) is 5.26 Å². The second-order valence-corrected chi connectivity index (χ2v) is 7.59. The number of hydrogen-bond donors (Lipinski definition) is 1. The van der Waals surface area contributed by atoms with Crippen LogP contribution in [0, 0.1) is 17.4 Å². The third-order valence-electron chi connectivity index (χ3n) is 3.77. The number of hydrogen-bond acceptors (Lipinski definition) is 5. The molecule has 0 aromatic carbocycles. The summed E-state index contributed by atoms with van der Waals surface area (Å²) in [4.78, 5) is 17.9. The first-order chi connectivity index (χ1) is 9.40. The predicted molar refractivity (Wildman–Crippen MR) is 79.4 cm³/mol. The van der Waals surface area contributed by atoms with Crippen molar-refractivity contribution in [2.75, 3.05) is 0 Å². The molecule has 1 N–H and O–H groups in total. The molecule has 1 heterocycles. The summed E-state index contributed by atoms with van der Waals surface area (Å²) in [5.41, 5.74) is 0.0914. The molecule has 0 amide bonds. The molecule has 20 heavy (non-hydrogen) atoms. The van der Waals surface area contributed by atoms with Crippen LogP contribution in [-0.2, 0) is 16.6 Å². The zero-order valence-corrected chi connectivity index (χ0v) is 13.1. The van der Waals surface area contributed by atoms with Gasteiger partial charge in [-0.25, -0.2) is 4.98 Å². The van der Waals surface area contributed by atoms with Crippen LogP contribution >= 0.6 is 11.3 Å². The van der Waals surface area contributed by atoms with Crippen molar-refractivity contribution in [1.29, 1.82) is 5.26 Å². The lowest BCUT2D eigenvalue weighted by molar-refractivity contribution is -0.122. The van der Waals surface area contributed by atoms with Crippen molar-refractivity contribution >= 4 is 17.1 Å². The first kappa shape index (κ1) is 15.0. The Labute approximate surface area is 124 Å². The van der Waals surface area contributed by atoms with Gasteiger partial charge in [0, 0.05) is 23.0 Å². The van der Waals surface area contributed by atoms with Gasteiger partial charge in [-0.1, -0.05) is 20.8 Å². The Morgan fingerprint density at radius 2 is 2.30 bits per heavy atom. The van der Waals surface area contributed by atoms with Gasteiger partial charge in [0.2, 0.25) is 0 Å². The van der Waals surface area contributed by atoms with Crippen molar-refractivity contribution in [1.82, 2.24) is 10.3 Å². The number of rotatable bonds is 4. The minimum Gasteiger partial charge on any atom is -0.321 e. The van der Waals surface area contributed by atoms with Gasteiger partial charge < -0.3 is 5.32 Å². The number of ketones is 1. The van der Waals surface area contributed by atoms with Gasteiger partial charge >= 0.3 is 0 Å². The maximum absolute atomic E-state index is 12.3. The number of nitrogens with one attached hydrogen (secondary N) is 1. The fourth-order valence-electron chi connectivity index (χ4n) is 2.53. The van der Waals surface area contributed by atoms with Crippen LogP contribution in [0.25, 0.3) is 0 Å². The van der Waals surface area contributed by atoms with E-state index in [1.165, 1.54) is 4.88 Å². The van der Waals surface area contributed by atoms with Crippen LogP contribution < -0.4 is 5.32 Å². The van der Waals surface area contributed by atoms with Crippen molar-refractivity contribution < 1.29 is 4.79 Å². The second kappa shape index (κ2) is 5.92. The Morgan fingerprint density at radius 1 is 1.55 bits per heavy atom. The minimum absolute atomic E-state index is 0.0860. The Morgan fingerprint density at radius 3 is 2.90 bits per heavy atom. The third-order valence-corrected chi connectivity index (χ3v) is 5.20. The summed E-state index contributed by atoms with van der Waals surface area (Å²) in [6.45, 7) is 6.46. The highest BCUT2D eigenvalue weighted by Gasteiger charge is 2.30. The molecule has 5 heteroatoms. The van der Waals surface area contributed by atoms with Crippen LogP contribution in [0.5, 0.6) is 0 Å². The molecular weight excluding hydrogens is 270 g/mol. The van der Waals surface area contributed by atoms with E-state index in [4.69, 9.17) is 5.26 Å². The fourth-order valence-corrected chi connectivity index (χ4v) is 3.51. The lowest BCUT2D eigenvalue weighted by Crippen LogP contribution is -2.22. The van der Waals surface area contributed by atoms with E-state index in [0.29, 0.717) is 6.42 Å². The molecule has 1 saturated carbocycles. The second-order valence-electron chi connectivity index (χ2n) is 6.47. The molecular formula is C15H21N3OS. The van der Waals surface area contributed by atoms with Crippen molar-refractivity contribution in [3.63, 3.8) is 0 Å². The molecule has 0 saturated heterocycles. The SMILES string of the molecule is CC(C)(C)c1cnc(CC(=O)[C@H]2CC[C@@H](NC#N)C2)s1. The summed E-state index contributed by atoms with van der Waals surface area (Å²) in [6.07, 6.45) is 6.87. The zero-order valence-electron chi connectivity index (χ0n) is 12.3. The highest BCUT2D eigenvalue weighted by atomic mass is 32.1. The van der Waals surface area contributed by atoms with Crippen molar-refractivity contribution in [3.05, 3.63) is 16.1 Å². The average Bonchev–Trinajstić information content (AvgIpc) is 2.97. The van der Waals surface area contributed by atoms with E-state index in [2.05, 4.69) is 31.1 Å². The third kappa shape index (κ3) is 3.57. The fraction of sp³-hybridized carbons (Fsp3) is 0.667. The van der Waals surface area contributed by atoms with Crippen LogP contribution in [0.2, 0.25) is 0 Å². The summed E-state index contributed by atoms with van der Waals surface area (Å²) < 4.78 is 0. The number of thiazole rings is 1. The molecule has 2 rings (SSSR count). The smallest absolute Gasteiger partial charge is 0.176 e. The van der Waals surface area contributed by atoms with E-state index in [-0.39, 0.29) is 23.2 Å². The number of nitrogens with zero attached hydrogens (tertiary/aromatic N) is 2. The lowest BCUT2D eigenvalue weighted by Gasteiger charge is -2.14. The van der Waals surface area contributed by atoms with Gasteiger partial charge in [-0.3, -0.25) is 4.79 Å². The van der Waals surface area contributed by atoms with E-state index in [1.807, 2.05) is 12.4 Å². The van der Waals surface area contributed by atoms with Crippen LogP contribution in [0.3, 0.4) is 0 Å². The average molecular weight is 291 g/mol. The number of nitriles is 1. The Kier molecular flexibility index (Phi) is 4.44. The Balaban J connectivity index is 1.92. The van der Waals surface area contributed by atoms with Crippen molar-refractivity contribution in [3.8, 4) is 6.19 Å². The minimum atomic E-state index is 0.0860. The normalized spacial score (nSPS) is 22.5. The molecule has 0 aliphatic heterocycles. The van der Waals surface area contributed by atoms with Crippen molar-refractivity contribution in [2.24, 2.45) is 5.92 Å². The van der Waals surface area contributed by atoms with E-state index in [0.717, 1.165) is 24.3 Å². The molecule has 1 aliphatic rings. The largest absolute Gasteiger partial charge is 0.321 e. The van der Waals surface area contributed by atoms with Gasteiger partial charge in [-0.15, -0.1) is 11.3 Å². The van der Waals surface area contributed by atoms with Crippen LogP contribution in [0.15, 0.2) is 6.20 Å². The first-order valence-corrected chi connectivity index (χ1v) is 7.84. The first-order valence-electron chi connectivity index (χ1n) is 7.02. The molecule has 0 bridgehead atoms. The number of carbonyl (C=O) groups excluding carboxylic acids is 1. The molecule has 1 aromatic heterocycles. The van der Waals surface area contributed by atoms with E-state index in [9.17, 15) is 4.79 Å². The molecule has 4 nitrogen and oxygen atoms in total. The van der Waals surface area contributed by atoms with Crippen molar-refractivity contribution in [2.45, 2.75) is 57.9 Å². The van der Waals surface area contributed by atoms with E-state index < -0.39 is 0 Å². The summed E-state index contributed by atoms with van der Waals surface area (Å²) in [7, 11) is 0. The van der Waals surface area contributed by atoms with Crippen LogP contribution in [0.1, 0.15) is 49.9 Å². The molecule has 2 atom stereocenters. The predicted octanol–water partition coefficient (Wildman–Crippen LogP) is 2.79. The summed E-state index contributed by atoms with van der Waals surface area (Å²) in [5.74, 6) is 0.352. The van der Waals surface area contributed by atoms with Crippen LogP contribution in [-0.4, -0.2) is 16.8 Å². The quantitative estimate of drug-likeness (QED) is 0.684. The van der Waals surface area contributed by atoms with Gasteiger partial charge in [0.1, 0.15) is 10.8 Å². The number of Topliss-reactive ketones (excluding diaryl/α,β-unsaturated/α-hetero) is 1. The topological polar surface area (TPSA) is 65.8 Å². The number of carbonyl (C=O) groups is 1. The standard InChI is InChI=1S/C15H21N3OS/c1-15(2,3)13-8-17-14(20-13)7-12(19)10-4-5-11(6-10)18-9-16/h8,10-11,18H,4-7H2,1-3H3/t10-,11+/m0/s1. The Hall–Kier alpha value is -1.41. The summed E-state index contributed by atoms with van der Waals surface area (Å²) in [5, 5.41) is 12.3. The monoisotopic (exact) mass is 291 g/mol. The number of aromatic nitrogens is 1. The molecule has 1 fully saturated rings. The lowest BCUT2D eigenvalue weighted by atomic mass is 9.96. The Bertz CT molecular complexity index is 524. The maximum Gasteiger partial charge on any atom is 0.176 e. The summed E-state index contributed by atoms with van der Waals surface area (Å²) in [6, 6.07) is 0.176. The molecule has 0 spiro atoms. The molecule has 0 unspecified atom stereocenters. The van der Waals surface area contributed by atoms with E-state index in [1.54, 1.807) is 11.3 Å². The molecule has 0 radical (unpaired) electrons. The molecule has 1 aliphatic carbocycles. The highest BCUT2D eigenvalue weighted by molar-refractivity contribution is 7.11. The zero-order chi connectivity index (χ0) is 14.8. The van der Waals surface area contributed by atoms with E-state index >= 15 is 0 Å². The van der Waals surface area contributed by atoms with Crippen LogP contribution in [0.4, 0.5) is 0 Å². The van der Waals surface area contributed by atoms with Gasteiger partial charge in [0.15, 0.2) is 6.19 Å². The van der Waals surface area contributed by atoms with Gasteiger partial charge in [-0.05, 0) is 24.7 Å². The molecule has 1 aromatic rings. The summed E-state index contributed by atoms with van der Waals surface area (Å²) >= 11 is 1.64. The maximum atomic E-state index is 12.3. The molecule has 108 valence electrons. The van der Waals surface area contributed by atoms with Gasteiger partial charge in [0.05, 0.1) is 6.42 Å². The highest BCUT2D eigenvalue weighted by Crippen LogP contribution is 2.30.